The molecule has 5 rings (SSSR count). The number of aromatic nitrogens is 2. The first kappa shape index (κ1) is 19.3. The normalized spacial score (nSPS) is 21.0. The minimum absolute atomic E-state index is 0.146. The van der Waals surface area contributed by atoms with Crippen LogP contribution in [0.2, 0.25) is 0 Å². The zero-order valence-electron chi connectivity index (χ0n) is 17.8. The molecule has 2 N–H and O–H groups in total. The maximum Gasteiger partial charge on any atom is 0.237 e. The van der Waals surface area contributed by atoms with Crippen molar-refractivity contribution in [2.24, 2.45) is 5.92 Å². The number of carbonyl (C=O) groups is 1. The van der Waals surface area contributed by atoms with Crippen molar-refractivity contribution in [3.63, 3.8) is 0 Å². The smallest absolute Gasteiger partial charge is 0.237 e. The van der Waals surface area contributed by atoms with E-state index >= 15 is 0 Å². The Hall–Kier alpha value is -2.66. The van der Waals surface area contributed by atoms with Crippen LogP contribution in [0.3, 0.4) is 0 Å². The standard InChI is InChI=1S/C25H30N4O/c1-16(2)11-21-20-6-3-7-23-24(20)18(12-22(28-21)25(30)27-19-8-9-19)15-29(23)14-17-5-4-10-26-13-17/h3-7,10,13,15-16,19,21-22,28H,8-9,11-12,14H2,1-2H3,(H,27,30)/t21-,22-/m0/s1. The van der Waals surface area contributed by atoms with Crippen molar-refractivity contribution in [1.29, 1.82) is 0 Å². The molecule has 3 aromatic rings. The summed E-state index contributed by atoms with van der Waals surface area (Å²) >= 11 is 0. The minimum atomic E-state index is -0.195. The van der Waals surface area contributed by atoms with Gasteiger partial charge in [0.2, 0.25) is 5.91 Å². The summed E-state index contributed by atoms with van der Waals surface area (Å²) in [6.07, 6.45) is 9.94. The second kappa shape index (κ2) is 7.88. The van der Waals surface area contributed by atoms with E-state index in [1.165, 1.54) is 27.6 Å². The number of nitrogens with one attached hydrogen (secondary N) is 2. The first-order valence-electron chi connectivity index (χ1n) is 11.1. The van der Waals surface area contributed by atoms with Crippen LogP contribution in [0, 0.1) is 5.92 Å². The molecule has 1 saturated carbocycles. The van der Waals surface area contributed by atoms with Gasteiger partial charge in [0, 0.05) is 48.1 Å². The minimum Gasteiger partial charge on any atom is -0.352 e. The van der Waals surface area contributed by atoms with Crippen LogP contribution in [-0.4, -0.2) is 27.5 Å². The summed E-state index contributed by atoms with van der Waals surface area (Å²) < 4.78 is 2.32. The monoisotopic (exact) mass is 402 g/mol. The lowest BCUT2D eigenvalue weighted by molar-refractivity contribution is -0.123. The van der Waals surface area contributed by atoms with E-state index < -0.39 is 0 Å². The molecule has 2 aromatic heterocycles. The highest BCUT2D eigenvalue weighted by atomic mass is 16.2. The van der Waals surface area contributed by atoms with E-state index in [2.05, 4.69) is 64.5 Å². The van der Waals surface area contributed by atoms with Crippen molar-refractivity contribution in [2.75, 3.05) is 0 Å². The van der Waals surface area contributed by atoms with Crippen molar-refractivity contribution >= 4 is 16.8 Å². The Balaban J connectivity index is 1.56. The third-order valence-corrected chi connectivity index (χ3v) is 6.24. The number of carbonyl (C=O) groups excluding carboxylic acids is 1. The fraction of sp³-hybridized carbons (Fsp3) is 0.440. The Labute approximate surface area is 177 Å². The zero-order chi connectivity index (χ0) is 20.7. The van der Waals surface area contributed by atoms with Gasteiger partial charge in [-0.3, -0.25) is 15.1 Å². The molecule has 5 nitrogen and oxygen atoms in total. The first-order valence-corrected chi connectivity index (χ1v) is 11.1. The molecule has 0 radical (unpaired) electrons. The quantitative estimate of drug-likeness (QED) is 0.656. The van der Waals surface area contributed by atoms with Gasteiger partial charge in [-0.15, -0.1) is 0 Å². The van der Waals surface area contributed by atoms with Crippen LogP contribution in [-0.2, 0) is 17.8 Å². The highest BCUT2D eigenvalue weighted by Crippen LogP contribution is 2.36. The van der Waals surface area contributed by atoms with E-state index in [1.54, 1.807) is 0 Å². The third-order valence-electron chi connectivity index (χ3n) is 6.24. The van der Waals surface area contributed by atoms with Gasteiger partial charge in [0.05, 0.1) is 6.04 Å². The maximum atomic E-state index is 13.0. The fourth-order valence-corrected chi connectivity index (χ4v) is 4.71. The average Bonchev–Trinajstić information content (AvgIpc) is 3.50. The van der Waals surface area contributed by atoms with Gasteiger partial charge < -0.3 is 9.88 Å². The molecule has 1 amide bonds. The molecular formula is C25H30N4O. The number of rotatable bonds is 6. The Bertz CT molecular complexity index is 1050. The highest BCUT2D eigenvalue weighted by Gasteiger charge is 2.33. The molecule has 2 atom stereocenters. The maximum absolute atomic E-state index is 13.0. The Morgan fingerprint density at radius 2 is 2.13 bits per heavy atom. The summed E-state index contributed by atoms with van der Waals surface area (Å²) in [4.78, 5) is 17.3. The lowest BCUT2D eigenvalue weighted by Gasteiger charge is -2.25. The van der Waals surface area contributed by atoms with Gasteiger partial charge in [0.25, 0.3) is 0 Å². The van der Waals surface area contributed by atoms with E-state index in [-0.39, 0.29) is 18.0 Å². The van der Waals surface area contributed by atoms with Gasteiger partial charge >= 0.3 is 0 Å². The van der Waals surface area contributed by atoms with E-state index in [1.807, 2.05) is 18.5 Å². The summed E-state index contributed by atoms with van der Waals surface area (Å²) in [5.74, 6) is 0.691. The summed E-state index contributed by atoms with van der Waals surface area (Å²) in [6, 6.07) is 11.1. The van der Waals surface area contributed by atoms with Crippen LogP contribution < -0.4 is 10.6 Å². The second-order valence-corrected chi connectivity index (χ2v) is 9.27. The predicted molar refractivity (Wildman–Crippen MR) is 119 cm³/mol. The fourth-order valence-electron chi connectivity index (χ4n) is 4.71. The van der Waals surface area contributed by atoms with E-state index in [0.717, 1.165) is 32.2 Å². The van der Waals surface area contributed by atoms with E-state index in [4.69, 9.17) is 0 Å². The molecule has 0 unspecified atom stereocenters. The van der Waals surface area contributed by atoms with E-state index in [9.17, 15) is 4.79 Å². The average molecular weight is 403 g/mol. The Kier molecular flexibility index (Phi) is 5.07. The predicted octanol–water partition coefficient (Wildman–Crippen LogP) is 3.96. The van der Waals surface area contributed by atoms with Crippen molar-refractivity contribution < 1.29 is 4.79 Å². The third kappa shape index (κ3) is 3.86. The largest absolute Gasteiger partial charge is 0.352 e. The molecule has 0 spiro atoms. The number of amides is 1. The number of pyridine rings is 1. The first-order chi connectivity index (χ1) is 14.6. The summed E-state index contributed by atoms with van der Waals surface area (Å²) in [5.41, 5.74) is 5.01. The summed E-state index contributed by atoms with van der Waals surface area (Å²) in [6.45, 7) is 5.29. The molecule has 0 saturated heterocycles. The van der Waals surface area contributed by atoms with Crippen LogP contribution in [0.15, 0.2) is 48.9 Å². The molecule has 1 aromatic carbocycles. The van der Waals surface area contributed by atoms with Gasteiger partial charge in [-0.1, -0.05) is 32.0 Å². The van der Waals surface area contributed by atoms with Gasteiger partial charge in [-0.05, 0) is 60.4 Å². The molecule has 0 bridgehead atoms. The van der Waals surface area contributed by atoms with Gasteiger partial charge in [0.1, 0.15) is 0 Å². The van der Waals surface area contributed by atoms with Gasteiger partial charge in [-0.25, -0.2) is 0 Å². The zero-order valence-corrected chi connectivity index (χ0v) is 17.8. The molecule has 1 fully saturated rings. The number of nitrogens with zero attached hydrogens (tertiary/aromatic N) is 2. The number of benzene rings is 1. The molecule has 30 heavy (non-hydrogen) atoms. The molecule has 156 valence electrons. The molecular weight excluding hydrogens is 372 g/mol. The van der Waals surface area contributed by atoms with Crippen LogP contribution in [0.5, 0.6) is 0 Å². The summed E-state index contributed by atoms with van der Waals surface area (Å²) in [7, 11) is 0. The van der Waals surface area contributed by atoms with Crippen LogP contribution in [0.25, 0.3) is 10.9 Å². The van der Waals surface area contributed by atoms with Crippen LogP contribution in [0.4, 0.5) is 0 Å². The second-order valence-electron chi connectivity index (χ2n) is 9.27. The van der Waals surface area contributed by atoms with Crippen LogP contribution in [0.1, 0.15) is 55.8 Å². The van der Waals surface area contributed by atoms with Crippen molar-refractivity contribution in [3.8, 4) is 0 Å². The Morgan fingerprint density at radius 3 is 2.87 bits per heavy atom. The SMILES string of the molecule is CC(C)C[C@@H]1N[C@H](C(=O)NC2CC2)Cc2cn(Cc3cccnc3)c3cccc1c23. The molecule has 5 heteroatoms. The number of hydrogen-bond acceptors (Lipinski definition) is 3. The lowest BCUT2D eigenvalue weighted by atomic mass is 9.94. The van der Waals surface area contributed by atoms with Crippen molar-refractivity contribution in [2.45, 2.75) is 64.2 Å². The lowest BCUT2D eigenvalue weighted by Crippen LogP contribution is -2.47. The van der Waals surface area contributed by atoms with E-state index in [0.29, 0.717) is 12.0 Å². The molecule has 1 aliphatic carbocycles. The highest BCUT2D eigenvalue weighted by molar-refractivity contribution is 5.90. The Morgan fingerprint density at radius 1 is 1.27 bits per heavy atom. The van der Waals surface area contributed by atoms with Crippen LogP contribution >= 0.6 is 0 Å². The summed E-state index contributed by atoms with van der Waals surface area (Å²) in [5, 5.41) is 8.25. The van der Waals surface area contributed by atoms with Crippen molar-refractivity contribution in [1.82, 2.24) is 20.2 Å². The topological polar surface area (TPSA) is 59.0 Å². The molecule has 3 heterocycles. The molecule has 1 aliphatic heterocycles. The number of hydrogen-bond donors (Lipinski definition) is 2. The van der Waals surface area contributed by atoms with Crippen molar-refractivity contribution in [3.05, 3.63) is 65.6 Å². The van der Waals surface area contributed by atoms with Gasteiger partial charge in [0.15, 0.2) is 0 Å². The molecule has 2 aliphatic rings. The van der Waals surface area contributed by atoms with Gasteiger partial charge in [-0.2, -0.15) is 0 Å².